The average molecular weight is 524 g/mol. The molecule has 4 aliphatic rings. The lowest BCUT2D eigenvalue weighted by atomic mass is 9.76. The summed E-state index contributed by atoms with van der Waals surface area (Å²) in [6, 6.07) is 7.99. The molecule has 3 heterocycles. The average Bonchev–Trinajstić information content (AvgIpc) is 3.00. The smallest absolute Gasteiger partial charge is 0.305 e. The van der Waals surface area contributed by atoms with Crippen molar-refractivity contribution >= 4 is 17.0 Å². The Bertz CT molecular complexity index is 1220. The molecule has 4 bridgehead atoms. The van der Waals surface area contributed by atoms with Gasteiger partial charge in [-0.05, 0) is 69.4 Å². The molecular weight excluding hydrogens is 482 g/mol. The second-order valence-corrected chi connectivity index (χ2v) is 12.0. The third-order valence-corrected chi connectivity index (χ3v) is 9.42. The number of nitrogens with zero attached hydrogens (tertiary/aromatic N) is 3. The van der Waals surface area contributed by atoms with Crippen molar-refractivity contribution in [3.05, 3.63) is 40.3 Å². The Balaban J connectivity index is 1.27. The molecule has 206 valence electrons. The number of carbonyl (C=O) groups excluding carboxylic acids is 1. The van der Waals surface area contributed by atoms with Crippen LogP contribution in [0.15, 0.2) is 29.1 Å². The van der Waals surface area contributed by atoms with Gasteiger partial charge < -0.3 is 19.1 Å². The summed E-state index contributed by atoms with van der Waals surface area (Å²) in [6.07, 6.45) is 11.2. The van der Waals surface area contributed by atoms with E-state index >= 15 is 0 Å². The molecule has 2 aliphatic heterocycles. The molecule has 38 heavy (non-hydrogen) atoms. The van der Waals surface area contributed by atoms with E-state index in [1.165, 1.54) is 32.1 Å². The lowest BCUT2D eigenvalue weighted by molar-refractivity contribution is -0.277. The highest BCUT2D eigenvalue weighted by Crippen LogP contribution is 2.49. The first-order valence-electron chi connectivity index (χ1n) is 14.8. The van der Waals surface area contributed by atoms with Crippen LogP contribution in [0.1, 0.15) is 89.3 Å². The van der Waals surface area contributed by atoms with Crippen LogP contribution in [0.4, 0.5) is 0 Å². The maximum atomic E-state index is 13.8. The van der Waals surface area contributed by atoms with Gasteiger partial charge in [-0.1, -0.05) is 37.8 Å². The lowest BCUT2D eigenvalue weighted by Gasteiger charge is -2.49. The van der Waals surface area contributed by atoms with Gasteiger partial charge in [-0.15, -0.1) is 0 Å². The van der Waals surface area contributed by atoms with Crippen molar-refractivity contribution in [2.24, 2.45) is 11.8 Å². The maximum absolute atomic E-state index is 13.8. The Morgan fingerprint density at radius 1 is 1.11 bits per heavy atom. The van der Waals surface area contributed by atoms with Gasteiger partial charge >= 0.3 is 5.97 Å². The van der Waals surface area contributed by atoms with E-state index in [-0.39, 0.29) is 30.0 Å². The zero-order chi connectivity index (χ0) is 26.3. The molecule has 0 amide bonds. The van der Waals surface area contributed by atoms with E-state index < -0.39 is 5.91 Å². The third-order valence-electron chi connectivity index (χ3n) is 9.42. The van der Waals surface area contributed by atoms with Crippen molar-refractivity contribution in [3.8, 4) is 0 Å². The molecule has 0 spiro atoms. The molecule has 4 fully saturated rings. The lowest BCUT2D eigenvalue weighted by Crippen LogP contribution is -2.59. The van der Waals surface area contributed by atoms with Gasteiger partial charge in [0.2, 0.25) is 5.91 Å². The van der Waals surface area contributed by atoms with Gasteiger partial charge in [-0.3, -0.25) is 9.59 Å². The normalized spacial score (nSPS) is 33.3. The third kappa shape index (κ3) is 4.91. The summed E-state index contributed by atoms with van der Waals surface area (Å²) in [5.74, 6) is -0.0802. The molecule has 8 nitrogen and oxygen atoms in total. The van der Waals surface area contributed by atoms with Crippen molar-refractivity contribution in [3.63, 3.8) is 0 Å². The predicted octanol–water partition coefficient (Wildman–Crippen LogP) is 4.32. The van der Waals surface area contributed by atoms with E-state index in [0.717, 1.165) is 42.1 Å². The molecule has 0 radical (unpaired) electrons. The largest absolute Gasteiger partial charge is 0.466 e. The van der Waals surface area contributed by atoms with Crippen molar-refractivity contribution in [2.75, 3.05) is 13.2 Å². The van der Waals surface area contributed by atoms with Crippen LogP contribution in [0.2, 0.25) is 0 Å². The Morgan fingerprint density at radius 2 is 1.87 bits per heavy atom. The summed E-state index contributed by atoms with van der Waals surface area (Å²) in [7, 11) is 0. The Morgan fingerprint density at radius 3 is 2.61 bits per heavy atom. The topological polar surface area (TPSA) is 93.9 Å². The number of fused-ring (bicyclic) bond motifs is 5. The minimum absolute atomic E-state index is 0.0926. The number of ether oxygens (including phenoxy) is 2. The Labute approximate surface area is 224 Å². The highest BCUT2D eigenvalue weighted by atomic mass is 16.7. The van der Waals surface area contributed by atoms with E-state index in [1.807, 2.05) is 28.8 Å². The molecule has 1 aromatic heterocycles. The fourth-order valence-corrected chi connectivity index (χ4v) is 7.96. The molecule has 2 saturated heterocycles. The van der Waals surface area contributed by atoms with E-state index in [2.05, 4.69) is 9.88 Å². The van der Waals surface area contributed by atoms with Crippen LogP contribution < -0.4 is 5.56 Å². The highest BCUT2D eigenvalue weighted by Gasteiger charge is 2.56. The van der Waals surface area contributed by atoms with Crippen molar-refractivity contribution < 1.29 is 19.4 Å². The van der Waals surface area contributed by atoms with E-state index in [1.54, 1.807) is 6.92 Å². The molecule has 8 heteroatoms. The van der Waals surface area contributed by atoms with Crippen LogP contribution in [0.25, 0.3) is 11.0 Å². The molecule has 2 aliphatic carbocycles. The monoisotopic (exact) mass is 523 g/mol. The van der Waals surface area contributed by atoms with Gasteiger partial charge in [0.1, 0.15) is 5.69 Å². The molecule has 2 saturated carbocycles. The number of para-hydroxylation sites is 2. The summed E-state index contributed by atoms with van der Waals surface area (Å²) < 4.78 is 13.0. The summed E-state index contributed by atoms with van der Waals surface area (Å²) in [6.45, 7) is 2.65. The summed E-state index contributed by atoms with van der Waals surface area (Å²) >= 11 is 0. The van der Waals surface area contributed by atoms with Crippen LogP contribution in [-0.2, 0) is 20.7 Å². The minimum atomic E-state index is -1.34. The summed E-state index contributed by atoms with van der Waals surface area (Å²) in [5.41, 5.74) is 1.89. The summed E-state index contributed by atoms with van der Waals surface area (Å²) in [4.78, 5) is 32.6. The molecule has 2 unspecified atom stereocenters. The fraction of sp³-hybridized carbons (Fsp3) is 0.700. The number of aliphatic hydroxyl groups is 1. The van der Waals surface area contributed by atoms with Gasteiger partial charge in [0.15, 0.2) is 0 Å². The quantitative estimate of drug-likeness (QED) is 0.540. The van der Waals surface area contributed by atoms with E-state index in [4.69, 9.17) is 9.47 Å². The van der Waals surface area contributed by atoms with Gasteiger partial charge in [0.05, 0.1) is 24.2 Å². The van der Waals surface area contributed by atoms with Crippen LogP contribution in [0.5, 0.6) is 0 Å². The second kappa shape index (κ2) is 10.7. The molecular formula is C30H41N3O5. The SMILES string of the molecule is CCOC(=O)CCCc1nc2ccccc2n([C@@H]2C[C@@H]3CO[C@](O)(C2)N3C2CC3CCCCC(C3)C2)c1=O. The second-order valence-electron chi connectivity index (χ2n) is 12.0. The molecule has 1 aromatic carbocycles. The van der Waals surface area contributed by atoms with Crippen molar-refractivity contribution in [2.45, 2.75) is 108 Å². The fourth-order valence-electron chi connectivity index (χ4n) is 7.96. The van der Waals surface area contributed by atoms with E-state index in [9.17, 15) is 14.7 Å². The predicted molar refractivity (Wildman–Crippen MR) is 143 cm³/mol. The molecule has 5 atom stereocenters. The van der Waals surface area contributed by atoms with Crippen LogP contribution in [0, 0.1) is 11.8 Å². The highest BCUT2D eigenvalue weighted by molar-refractivity contribution is 5.75. The van der Waals surface area contributed by atoms with Crippen LogP contribution in [0.3, 0.4) is 0 Å². The van der Waals surface area contributed by atoms with Crippen molar-refractivity contribution in [1.29, 1.82) is 0 Å². The number of esters is 1. The minimum Gasteiger partial charge on any atom is -0.466 e. The number of aryl methyl sites for hydroxylation is 1. The molecule has 2 aromatic rings. The first-order chi connectivity index (χ1) is 18.4. The van der Waals surface area contributed by atoms with Gasteiger partial charge in [-0.25, -0.2) is 9.88 Å². The number of aromatic nitrogens is 2. The number of piperidine rings is 1. The Kier molecular flexibility index (Phi) is 7.31. The van der Waals surface area contributed by atoms with Gasteiger partial charge in [0, 0.05) is 31.0 Å². The number of hydrogen-bond acceptors (Lipinski definition) is 7. The first-order valence-corrected chi connectivity index (χ1v) is 14.8. The molecule has 6 rings (SSSR count). The zero-order valence-electron chi connectivity index (χ0n) is 22.5. The van der Waals surface area contributed by atoms with Gasteiger partial charge in [0.25, 0.3) is 5.56 Å². The van der Waals surface area contributed by atoms with E-state index in [0.29, 0.717) is 44.2 Å². The standard InChI is InChI=1S/C30H41N3O5/c1-2-37-28(34)13-7-11-26-29(35)32(27-12-6-5-10-25(27)31-26)23-17-24-19-38-30(36,18-23)33(24)22-15-20-8-3-4-9-21(14-20)16-22/h5-6,10,12,20-24,36H,2-4,7-9,11,13-19H2,1H3/t20?,21?,22?,23-,24-,30-/m1/s1. The Hall–Kier alpha value is -2.29. The number of benzene rings is 1. The summed E-state index contributed by atoms with van der Waals surface area (Å²) in [5, 5.41) is 11.9. The first kappa shape index (κ1) is 26.0. The number of hydrogen-bond donors (Lipinski definition) is 1. The van der Waals surface area contributed by atoms with Gasteiger partial charge in [-0.2, -0.15) is 0 Å². The molecule has 1 N–H and O–H groups in total. The van der Waals surface area contributed by atoms with Crippen LogP contribution >= 0.6 is 0 Å². The number of carbonyl (C=O) groups is 1. The maximum Gasteiger partial charge on any atom is 0.305 e. The zero-order valence-corrected chi connectivity index (χ0v) is 22.5. The number of rotatable bonds is 7. The van der Waals surface area contributed by atoms with Crippen LogP contribution in [-0.4, -0.2) is 56.7 Å². The van der Waals surface area contributed by atoms with Crippen molar-refractivity contribution in [1.82, 2.24) is 14.5 Å².